The molecule has 1 heterocycles. The Hall–Kier alpha value is -1.06. The highest BCUT2D eigenvalue weighted by molar-refractivity contribution is 5.77. The van der Waals surface area contributed by atoms with E-state index in [1.807, 2.05) is 0 Å². The van der Waals surface area contributed by atoms with Crippen LogP contribution in [0.3, 0.4) is 0 Å². The number of fused-ring (bicyclic) bond motifs is 1. The van der Waals surface area contributed by atoms with Crippen molar-refractivity contribution < 1.29 is 14.3 Å². The van der Waals surface area contributed by atoms with E-state index in [1.54, 1.807) is 0 Å². The van der Waals surface area contributed by atoms with Crippen LogP contribution in [-0.4, -0.2) is 24.0 Å². The van der Waals surface area contributed by atoms with Crippen molar-refractivity contribution >= 4 is 11.9 Å². The lowest BCUT2D eigenvalue weighted by Gasteiger charge is -2.40. The molecule has 2 aliphatic rings. The van der Waals surface area contributed by atoms with Crippen LogP contribution in [0.15, 0.2) is 0 Å². The predicted octanol–water partition coefficient (Wildman–Crippen LogP) is 0.997. The number of rotatable bonds is 1. The van der Waals surface area contributed by atoms with Crippen molar-refractivity contribution in [3.63, 3.8) is 0 Å². The van der Waals surface area contributed by atoms with E-state index in [9.17, 15) is 9.59 Å². The standard InChI is InChI=1S/C11H17NO3/c1-7(13)15-10-4-2-3-9-8(10)5-6-11(14)12-9/h8-10H,2-6H2,1H3,(H,12,14)/t8-,9-,10?/m1/s1. The average Bonchev–Trinajstić information content (AvgIpc) is 2.16. The van der Waals surface area contributed by atoms with Crippen molar-refractivity contribution in [2.45, 2.75) is 51.2 Å². The van der Waals surface area contributed by atoms with Gasteiger partial charge in [0.25, 0.3) is 0 Å². The Balaban J connectivity index is 2.01. The van der Waals surface area contributed by atoms with Gasteiger partial charge in [0.05, 0.1) is 0 Å². The highest BCUT2D eigenvalue weighted by Gasteiger charge is 2.38. The number of hydrogen-bond donors (Lipinski definition) is 1. The molecule has 4 heteroatoms. The van der Waals surface area contributed by atoms with E-state index in [2.05, 4.69) is 5.32 Å². The van der Waals surface area contributed by atoms with E-state index >= 15 is 0 Å². The summed E-state index contributed by atoms with van der Waals surface area (Å²) in [7, 11) is 0. The van der Waals surface area contributed by atoms with Gasteiger partial charge in [-0.05, 0) is 25.7 Å². The summed E-state index contributed by atoms with van der Waals surface area (Å²) in [5.41, 5.74) is 0. The van der Waals surface area contributed by atoms with E-state index in [0.29, 0.717) is 12.3 Å². The lowest BCUT2D eigenvalue weighted by molar-refractivity contribution is -0.153. The maximum atomic E-state index is 11.2. The van der Waals surface area contributed by atoms with Gasteiger partial charge in [-0.25, -0.2) is 0 Å². The molecule has 84 valence electrons. The zero-order valence-corrected chi connectivity index (χ0v) is 8.99. The van der Waals surface area contributed by atoms with Crippen LogP contribution in [0, 0.1) is 5.92 Å². The van der Waals surface area contributed by atoms with Gasteiger partial charge in [-0.3, -0.25) is 9.59 Å². The van der Waals surface area contributed by atoms with Gasteiger partial charge in [0, 0.05) is 25.3 Å². The molecule has 0 radical (unpaired) electrons. The number of amides is 1. The molecule has 0 bridgehead atoms. The van der Waals surface area contributed by atoms with Crippen LogP contribution in [0.1, 0.15) is 39.0 Å². The van der Waals surface area contributed by atoms with Gasteiger partial charge >= 0.3 is 5.97 Å². The first-order valence-corrected chi connectivity index (χ1v) is 5.63. The highest BCUT2D eigenvalue weighted by Crippen LogP contribution is 2.33. The molecule has 1 saturated carbocycles. The Kier molecular flexibility index (Phi) is 2.93. The zero-order chi connectivity index (χ0) is 10.8. The third kappa shape index (κ3) is 2.30. The fourth-order valence-electron chi connectivity index (χ4n) is 2.73. The fourth-order valence-corrected chi connectivity index (χ4v) is 2.73. The molecule has 1 unspecified atom stereocenters. The Morgan fingerprint density at radius 2 is 2.20 bits per heavy atom. The first kappa shape index (κ1) is 10.5. The summed E-state index contributed by atoms with van der Waals surface area (Å²) in [6.07, 6.45) is 4.43. The Morgan fingerprint density at radius 3 is 2.93 bits per heavy atom. The van der Waals surface area contributed by atoms with Gasteiger partial charge in [0.15, 0.2) is 0 Å². The molecule has 1 N–H and O–H groups in total. The van der Waals surface area contributed by atoms with Crippen molar-refractivity contribution in [3.8, 4) is 0 Å². The van der Waals surface area contributed by atoms with Crippen molar-refractivity contribution in [1.29, 1.82) is 0 Å². The summed E-state index contributed by atoms with van der Waals surface area (Å²) in [5, 5.41) is 2.99. The smallest absolute Gasteiger partial charge is 0.302 e. The van der Waals surface area contributed by atoms with Crippen molar-refractivity contribution in [2.24, 2.45) is 5.92 Å². The van der Waals surface area contributed by atoms with Crippen LogP contribution in [0.2, 0.25) is 0 Å². The van der Waals surface area contributed by atoms with Crippen LogP contribution in [0.4, 0.5) is 0 Å². The maximum absolute atomic E-state index is 11.2. The molecule has 1 amide bonds. The largest absolute Gasteiger partial charge is 0.462 e. The highest BCUT2D eigenvalue weighted by atomic mass is 16.5. The van der Waals surface area contributed by atoms with Crippen LogP contribution < -0.4 is 5.32 Å². The molecule has 2 rings (SSSR count). The fraction of sp³-hybridized carbons (Fsp3) is 0.818. The Labute approximate surface area is 89.4 Å². The van der Waals surface area contributed by atoms with Crippen molar-refractivity contribution in [2.75, 3.05) is 0 Å². The molecule has 0 aromatic carbocycles. The molecule has 2 fully saturated rings. The summed E-state index contributed by atoms with van der Waals surface area (Å²) in [5.74, 6) is 0.262. The number of nitrogens with one attached hydrogen (secondary N) is 1. The van der Waals surface area contributed by atoms with Crippen LogP contribution in [0.5, 0.6) is 0 Å². The molecular weight excluding hydrogens is 194 g/mol. The quantitative estimate of drug-likeness (QED) is 0.658. The minimum Gasteiger partial charge on any atom is -0.462 e. The van der Waals surface area contributed by atoms with Gasteiger partial charge in [0.1, 0.15) is 6.10 Å². The van der Waals surface area contributed by atoms with Crippen molar-refractivity contribution in [3.05, 3.63) is 0 Å². The third-order valence-corrected chi connectivity index (χ3v) is 3.37. The summed E-state index contributed by atoms with van der Waals surface area (Å²) in [6, 6.07) is 0.226. The van der Waals surface area contributed by atoms with E-state index in [0.717, 1.165) is 25.7 Å². The van der Waals surface area contributed by atoms with Gasteiger partial charge < -0.3 is 10.1 Å². The lowest BCUT2D eigenvalue weighted by atomic mass is 9.77. The summed E-state index contributed by atoms with van der Waals surface area (Å²) < 4.78 is 5.31. The lowest BCUT2D eigenvalue weighted by Crippen LogP contribution is -2.52. The minimum atomic E-state index is -0.211. The SMILES string of the molecule is CC(=O)OC1CCC[C@H]2NC(=O)CC[C@@H]12. The molecule has 0 spiro atoms. The first-order chi connectivity index (χ1) is 7.16. The van der Waals surface area contributed by atoms with Crippen LogP contribution >= 0.6 is 0 Å². The predicted molar refractivity (Wildman–Crippen MR) is 54.1 cm³/mol. The van der Waals surface area contributed by atoms with Gasteiger partial charge in [-0.15, -0.1) is 0 Å². The topological polar surface area (TPSA) is 55.4 Å². The Bertz CT molecular complexity index is 277. The second-order valence-electron chi connectivity index (χ2n) is 4.46. The molecule has 0 aromatic heterocycles. The second kappa shape index (κ2) is 4.21. The number of carbonyl (C=O) groups is 2. The molecule has 1 aliphatic carbocycles. The van der Waals surface area contributed by atoms with Gasteiger partial charge in [0.2, 0.25) is 5.91 Å². The van der Waals surface area contributed by atoms with Gasteiger partial charge in [-0.2, -0.15) is 0 Å². The third-order valence-electron chi connectivity index (χ3n) is 3.37. The van der Waals surface area contributed by atoms with Crippen LogP contribution in [0.25, 0.3) is 0 Å². The Morgan fingerprint density at radius 1 is 1.40 bits per heavy atom. The average molecular weight is 211 g/mol. The van der Waals surface area contributed by atoms with Gasteiger partial charge in [-0.1, -0.05) is 0 Å². The zero-order valence-electron chi connectivity index (χ0n) is 8.99. The van der Waals surface area contributed by atoms with E-state index in [-0.39, 0.29) is 24.0 Å². The summed E-state index contributed by atoms with van der Waals surface area (Å²) >= 11 is 0. The number of hydrogen-bond acceptors (Lipinski definition) is 3. The molecule has 0 aromatic rings. The molecule has 4 nitrogen and oxygen atoms in total. The van der Waals surface area contributed by atoms with E-state index in [4.69, 9.17) is 4.74 Å². The molecule has 1 aliphatic heterocycles. The molecule has 15 heavy (non-hydrogen) atoms. The molecular formula is C11H17NO3. The number of esters is 1. The van der Waals surface area contributed by atoms with Crippen molar-refractivity contribution in [1.82, 2.24) is 5.32 Å². The monoisotopic (exact) mass is 211 g/mol. The molecule has 3 atom stereocenters. The number of carbonyl (C=O) groups excluding carboxylic acids is 2. The number of ether oxygens (including phenoxy) is 1. The van der Waals surface area contributed by atoms with E-state index < -0.39 is 0 Å². The number of piperidine rings is 1. The normalized spacial score (nSPS) is 35.3. The first-order valence-electron chi connectivity index (χ1n) is 5.63. The minimum absolute atomic E-state index is 0.0156. The molecule has 1 saturated heterocycles. The summed E-state index contributed by atoms with van der Waals surface area (Å²) in [4.78, 5) is 22.2. The second-order valence-corrected chi connectivity index (χ2v) is 4.46. The van der Waals surface area contributed by atoms with E-state index in [1.165, 1.54) is 6.92 Å². The summed E-state index contributed by atoms with van der Waals surface area (Å²) in [6.45, 7) is 1.45. The van der Waals surface area contributed by atoms with Crippen LogP contribution in [-0.2, 0) is 14.3 Å². The maximum Gasteiger partial charge on any atom is 0.302 e.